The SMILES string of the molecule is O=C(OC1CCCCC1)OC(C1CCCCC1)S(=O)(=O)O. The van der Waals surface area contributed by atoms with Gasteiger partial charge in [0, 0.05) is 5.92 Å². The lowest BCUT2D eigenvalue weighted by Crippen LogP contribution is -2.36. The van der Waals surface area contributed by atoms with E-state index in [-0.39, 0.29) is 12.0 Å². The first-order chi connectivity index (χ1) is 9.97. The lowest BCUT2D eigenvalue weighted by Gasteiger charge is -2.28. The van der Waals surface area contributed by atoms with Gasteiger partial charge in [-0.05, 0) is 38.5 Å². The molecule has 0 aromatic carbocycles. The topological polar surface area (TPSA) is 89.9 Å². The number of carbonyl (C=O) groups excluding carboxylic acids is 1. The van der Waals surface area contributed by atoms with Gasteiger partial charge in [-0.25, -0.2) is 4.79 Å². The Labute approximate surface area is 125 Å². The summed E-state index contributed by atoms with van der Waals surface area (Å²) >= 11 is 0. The molecule has 0 heterocycles. The van der Waals surface area contributed by atoms with Crippen LogP contribution in [0.4, 0.5) is 4.79 Å². The van der Waals surface area contributed by atoms with Crippen LogP contribution in [0.15, 0.2) is 0 Å². The van der Waals surface area contributed by atoms with Crippen LogP contribution in [-0.4, -0.2) is 30.7 Å². The fourth-order valence-corrected chi connectivity index (χ4v) is 4.21. The molecule has 21 heavy (non-hydrogen) atoms. The molecule has 0 bridgehead atoms. The summed E-state index contributed by atoms with van der Waals surface area (Å²) in [6.07, 6.45) is 7.63. The van der Waals surface area contributed by atoms with Gasteiger partial charge in [-0.15, -0.1) is 0 Å². The fourth-order valence-electron chi connectivity index (χ4n) is 3.25. The molecule has 1 unspecified atom stereocenters. The third kappa shape index (κ3) is 5.14. The molecular formula is C14H24O6S. The summed E-state index contributed by atoms with van der Waals surface area (Å²) in [4.78, 5) is 11.8. The highest BCUT2D eigenvalue weighted by Crippen LogP contribution is 2.31. The van der Waals surface area contributed by atoms with Gasteiger partial charge in [0.05, 0.1) is 0 Å². The van der Waals surface area contributed by atoms with Crippen LogP contribution in [-0.2, 0) is 19.6 Å². The molecule has 0 saturated heterocycles. The van der Waals surface area contributed by atoms with Crippen molar-refractivity contribution in [2.45, 2.75) is 75.7 Å². The van der Waals surface area contributed by atoms with Crippen LogP contribution in [0.5, 0.6) is 0 Å². The quantitative estimate of drug-likeness (QED) is 0.631. The molecule has 2 aliphatic rings. The summed E-state index contributed by atoms with van der Waals surface area (Å²) in [7, 11) is -4.42. The normalized spacial score (nSPS) is 23.5. The van der Waals surface area contributed by atoms with Gasteiger partial charge in [-0.1, -0.05) is 25.7 Å². The number of ether oxygens (including phenoxy) is 2. The van der Waals surface area contributed by atoms with E-state index in [1.54, 1.807) is 0 Å². The monoisotopic (exact) mass is 320 g/mol. The van der Waals surface area contributed by atoms with Crippen molar-refractivity contribution in [1.29, 1.82) is 0 Å². The molecule has 0 radical (unpaired) electrons. The zero-order valence-electron chi connectivity index (χ0n) is 12.2. The second kappa shape index (κ2) is 7.45. The second-order valence-electron chi connectivity index (χ2n) is 6.03. The van der Waals surface area contributed by atoms with Crippen molar-refractivity contribution < 1.29 is 27.2 Å². The highest BCUT2D eigenvalue weighted by atomic mass is 32.2. The Kier molecular flexibility index (Phi) is 5.87. The maximum atomic E-state index is 11.8. The van der Waals surface area contributed by atoms with Crippen LogP contribution in [0.3, 0.4) is 0 Å². The van der Waals surface area contributed by atoms with Crippen molar-refractivity contribution in [2.75, 3.05) is 0 Å². The minimum absolute atomic E-state index is 0.195. The van der Waals surface area contributed by atoms with Gasteiger partial charge in [-0.3, -0.25) is 4.55 Å². The Morgan fingerprint density at radius 2 is 1.48 bits per heavy atom. The maximum absolute atomic E-state index is 11.8. The molecule has 2 fully saturated rings. The second-order valence-corrected chi connectivity index (χ2v) is 7.52. The predicted octanol–water partition coefficient (Wildman–Crippen LogP) is 3.27. The third-order valence-electron chi connectivity index (χ3n) is 4.36. The molecule has 6 nitrogen and oxygen atoms in total. The summed E-state index contributed by atoms with van der Waals surface area (Å²) < 4.78 is 42.4. The Morgan fingerprint density at radius 3 is 2.00 bits per heavy atom. The van der Waals surface area contributed by atoms with Gasteiger partial charge < -0.3 is 9.47 Å². The van der Waals surface area contributed by atoms with E-state index in [9.17, 15) is 17.8 Å². The van der Waals surface area contributed by atoms with E-state index in [1.807, 2.05) is 0 Å². The average molecular weight is 320 g/mol. The van der Waals surface area contributed by atoms with E-state index in [4.69, 9.17) is 9.47 Å². The minimum atomic E-state index is -4.42. The molecule has 2 saturated carbocycles. The molecule has 2 aliphatic carbocycles. The van der Waals surface area contributed by atoms with Crippen molar-refractivity contribution in [3.05, 3.63) is 0 Å². The van der Waals surface area contributed by atoms with E-state index in [2.05, 4.69) is 0 Å². The van der Waals surface area contributed by atoms with Crippen molar-refractivity contribution in [3.8, 4) is 0 Å². The first kappa shape index (κ1) is 16.5. The predicted molar refractivity (Wildman–Crippen MR) is 76.4 cm³/mol. The van der Waals surface area contributed by atoms with Crippen molar-refractivity contribution >= 4 is 16.3 Å². The molecule has 7 heteroatoms. The van der Waals surface area contributed by atoms with Crippen LogP contribution in [0.2, 0.25) is 0 Å². The fraction of sp³-hybridized carbons (Fsp3) is 0.929. The number of carbonyl (C=O) groups is 1. The Balaban J connectivity index is 1.92. The van der Waals surface area contributed by atoms with Crippen molar-refractivity contribution in [1.82, 2.24) is 0 Å². The van der Waals surface area contributed by atoms with Crippen LogP contribution in [0, 0.1) is 5.92 Å². The van der Waals surface area contributed by atoms with E-state index in [0.717, 1.165) is 51.4 Å². The lowest BCUT2D eigenvalue weighted by atomic mass is 9.90. The van der Waals surface area contributed by atoms with Crippen LogP contribution < -0.4 is 0 Å². The smallest absolute Gasteiger partial charge is 0.431 e. The summed E-state index contributed by atoms with van der Waals surface area (Å²) in [6.45, 7) is 0. The first-order valence-electron chi connectivity index (χ1n) is 7.80. The zero-order valence-corrected chi connectivity index (χ0v) is 13.0. The number of hydrogen-bond donors (Lipinski definition) is 1. The van der Waals surface area contributed by atoms with E-state index in [0.29, 0.717) is 12.8 Å². The van der Waals surface area contributed by atoms with Crippen molar-refractivity contribution in [3.63, 3.8) is 0 Å². The van der Waals surface area contributed by atoms with Crippen LogP contribution in [0.25, 0.3) is 0 Å². The largest absolute Gasteiger partial charge is 0.509 e. The minimum Gasteiger partial charge on any atom is -0.431 e. The highest BCUT2D eigenvalue weighted by molar-refractivity contribution is 7.86. The summed E-state index contributed by atoms with van der Waals surface area (Å²) in [5, 5.41) is 0. The Bertz CT molecular complexity index is 434. The van der Waals surface area contributed by atoms with E-state index >= 15 is 0 Å². The van der Waals surface area contributed by atoms with E-state index < -0.39 is 21.7 Å². The molecule has 0 aromatic heterocycles. The summed E-state index contributed by atoms with van der Waals surface area (Å²) in [5.74, 6) is -0.340. The molecule has 1 N–H and O–H groups in total. The van der Waals surface area contributed by atoms with Gasteiger partial charge in [0.15, 0.2) is 0 Å². The molecule has 0 aliphatic heterocycles. The zero-order chi connectivity index (χ0) is 15.3. The number of rotatable bonds is 4. The van der Waals surface area contributed by atoms with Crippen LogP contribution in [0.1, 0.15) is 64.2 Å². The van der Waals surface area contributed by atoms with E-state index in [1.165, 1.54) is 0 Å². The van der Waals surface area contributed by atoms with Gasteiger partial charge in [0.1, 0.15) is 6.10 Å². The van der Waals surface area contributed by atoms with Gasteiger partial charge in [0.25, 0.3) is 0 Å². The van der Waals surface area contributed by atoms with Gasteiger partial charge in [0.2, 0.25) is 5.44 Å². The summed E-state index contributed by atoms with van der Waals surface area (Å²) in [5.41, 5.74) is -1.49. The van der Waals surface area contributed by atoms with Crippen molar-refractivity contribution in [2.24, 2.45) is 5.92 Å². The molecule has 0 spiro atoms. The lowest BCUT2D eigenvalue weighted by molar-refractivity contribution is -0.0106. The third-order valence-corrected chi connectivity index (χ3v) is 5.42. The average Bonchev–Trinajstić information content (AvgIpc) is 2.45. The van der Waals surface area contributed by atoms with Crippen LogP contribution >= 0.6 is 0 Å². The maximum Gasteiger partial charge on any atom is 0.509 e. The number of hydrogen-bond acceptors (Lipinski definition) is 5. The Morgan fingerprint density at radius 1 is 0.952 bits per heavy atom. The molecule has 1 atom stereocenters. The standard InChI is InChI=1S/C14H24O6S/c15-14(19-12-9-5-2-6-10-12)20-13(21(16,17)18)11-7-3-1-4-8-11/h11-13H,1-10H2,(H,16,17,18). The van der Waals surface area contributed by atoms with Gasteiger partial charge in [-0.2, -0.15) is 8.42 Å². The molecule has 0 amide bonds. The first-order valence-corrected chi connectivity index (χ1v) is 9.30. The molecule has 0 aromatic rings. The highest BCUT2D eigenvalue weighted by Gasteiger charge is 2.37. The van der Waals surface area contributed by atoms with Gasteiger partial charge >= 0.3 is 16.3 Å². The molecular weight excluding hydrogens is 296 g/mol. The molecule has 2 rings (SSSR count). The summed E-state index contributed by atoms with van der Waals surface area (Å²) in [6, 6.07) is 0. The molecule has 122 valence electrons. The Hall–Kier alpha value is -0.820.